The van der Waals surface area contributed by atoms with Crippen molar-refractivity contribution in [1.82, 2.24) is 0 Å². The highest BCUT2D eigenvalue weighted by Crippen LogP contribution is 2.42. The first-order valence-corrected chi connectivity index (χ1v) is 13.8. The molecule has 0 spiro atoms. The number of hydrogen-bond acceptors (Lipinski definition) is 0. The average molecular weight is 609 g/mol. The maximum Gasteiger partial charge on any atom is 0.0636 e. The monoisotopic (exact) mass is 608 g/mol. The van der Waals surface area contributed by atoms with E-state index >= 15 is 0 Å². The maximum absolute atomic E-state index is 9.80. The summed E-state index contributed by atoms with van der Waals surface area (Å²) < 4.78 is 253. The molecule has 0 fully saturated rings. The van der Waals surface area contributed by atoms with Crippen molar-refractivity contribution < 1.29 is 38.4 Å². The van der Waals surface area contributed by atoms with Crippen LogP contribution in [0, 0.1) is 0 Å². The molecule has 10 rings (SSSR count). The summed E-state index contributed by atoms with van der Waals surface area (Å²) in [5.41, 5.74) is -2.94. The molecule has 0 nitrogen and oxygen atoms in total. The van der Waals surface area contributed by atoms with Gasteiger partial charge >= 0.3 is 0 Å². The Morgan fingerprint density at radius 1 is 0.239 bits per heavy atom. The van der Waals surface area contributed by atoms with Crippen molar-refractivity contribution in [3.8, 4) is 22.3 Å². The highest BCUT2D eigenvalue weighted by atomic mass is 14.2. The third-order valence-electron chi connectivity index (χ3n) is 7.75. The quantitative estimate of drug-likeness (QED) is 0.135. The lowest BCUT2D eigenvalue weighted by Crippen LogP contribution is -1.89. The predicted molar refractivity (Wildman–Crippen MR) is 200 cm³/mol. The SMILES string of the molecule is [2H]c1c(-c2c3c([2H])c([2H])c([2H])c([2H])c3c([2H])c3c2c([2H])c([2H])c2c([2H])c([2H])c([2H])c([2H])c23)c([2H])c2c([2H])c([2H])c(-c3c4c([2H])c([2H])c([2H])c([2H])c4c([2H])c4c3c([2H])c([2H])c3c([2H])c([2H])c([2H])c([2H])c34)c([2H])c2c1[2H]. The Morgan fingerprint density at radius 3 is 1.07 bits per heavy atom. The van der Waals surface area contributed by atoms with Crippen LogP contribution in [-0.2, 0) is 0 Å². The molecule has 0 N–H and O–H groups in total. The molecule has 0 saturated carbocycles. The van der Waals surface area contributed by atoms with Gasteiger partial charge in [0.1, 0.15) is 0 Å². The molecule has 0 aliphatic carbocycles. The molecule has 0 atom stereocenters. The minimum Gasteiger partial charge on any atom is -0.0616 e. The molecular formula is C46H28. The van der Waals surface area contributed by atoms with Gasteiger partial charge in [-0.05, 0) is 122 Å². The number of fused-ring (bicyclic) bond motifs is 9. The lowest BCUT2D eigenvalue weighted by Gasteiger charge is -2.16. The first-order valence-electron chi connectivity index (χ1n) is 27.8. The number of hydrogen-bond donors (Lipinski definition) is 0. The van der Waals surface area contributed by atoms with Crippen LogP contribution in [0.15, 0.2) is 169 Å². The third-order valence-corrected chi connectivity index (χ3v) is 7.75. The summed E-state index contributed by atoms with van der Waals surface area (Å²) >= 11 is 0. The molecule has 0 aromatic heterocycles. The molecule has 10 aromatic rings. The second-order valence-corrected chi connectivity index (χ2v) is 10.2. The van der Waals surface area contributed by atoms with Crippen molar-refractivity contribution in [3.63, 3.8) is 0 Å². The second kappa shape index (κ2) is 9.76. The zero-order valence-electron chi connectivity index (χ0n) is 51.0. The highest BCUT2D eigenvalue weighted by Gasteiger charge is 2.15. The van der Waals surface area contributed by atoms with Crippen molar-refractivity contribution in [2.45, 2.75) is 0 Å². The molecule has 0 heterocycles. The van der Waals surface area contributed by atoms with E-state index < -0.39 is 267 Å². The van der Waals surface area contributed by atoms with Crippen LogP contribution < -0.4 is 0 Å². The summed E-state index contributed by atoms with van der Waals surface area (Å²) in [6.45, 7) is 0. The smallest absolute Gasteiger partial charge is 0.0616 e. The summed E-state index contributed by atoms with van der Waals surface area (Å²) in [5.74, 6) is 0. The Bertz CT molecular complexity index is 4160. The van der Waals surface area contributed by atoms with Gasteiger partial charge in [0.2, 0.25) is 0 Å². The first kappa shape index (κ1) is 10.3. The minimum atomic E-state index is -1.05. The summed E-state index contributed by atoms with van der Waals surface area (Å²) in [5, 5.41) is -8.60. The molecule has 0 amide bonds. The topological polar surface area (TPSA) is 0 Å². The van der Waals surface area contributed by atoms with Crippen molar-refractivity contribution in [2.24, 2.45) is 0 Å². The maximum atomic E-state index is 9.80. The van der Waals surface area contributed by atoms with E-state index in [0.717, 1.165) is 0 Å². The lowest BCUT2D eigenvalue weighted by atomic mass is 9.87. The molecule has 0 unspecified atom stereocenters. The van der Waals surface area contributed by atoms with Gasteiger partial charge in [-0.15, -0.1) is 0 Å². The van der Waals surface area contributed by atoms with Crippen LogP contribution in [0.25, 0.3) is 97.7 Å². The minimum absolute atomic E-state index is 0.533. The molecular weight excluding hydrogens is 553 g/mol. The molecule has 0 aliphatic rings. The summed E-state index contributed by atoms with van der Waals surface area (Å²) in [6, 6.07) is -24.9. The van der Waals surface area contributed by atoms with Crippen LogP contribution in [0.4, 0.5) is 0 Å². The van der Waals surface area contributed by atoms with Crippen LogP contribution in [0.3, 0.4) is 0 Å². The Balaban J connectivity index is 1.48. The van der Waals surface area contributed by atoms with Crippen molar-refractivity contribution in [1.29, 1.82) is 0 Å². The van der Waals surface area contributed by atoms with Crippen LogP contribution in [0.5, 0.6) is 0 Å². The van der Waals surface area contributed by atoms with Gasteiger partial charge in [-0.25, -0.2) is 0 Å². The second-order valence-electron chi connectivity index (χ2n) is 10.2. The molecule has 0 heteroatoms. The first-order chi connectivity index (χ1) is 34.5. The van der Waals surface area contributed by atoms with E-state index in [-0.39, 0.29) is 0 Å². The third kappa shape index (κ3) is 3.74. The van der Waals surface area contributed by atoms with Crippen molar-refractivity contribution in [3.05, 3.63) is 169 Å². The zero-order chi connectivity index (χ0) is 54.6. The number of benzene rings is 10. The Morgan fingerprint density at radius 2 is 0.609 bits per heavy atom. The standard InChI is InChI=1S/C46H28/c1-5-13-37-29(9-1)21-23-41-43(37)27-33-11-3-7-15-39(33)45(41)35-19-17-32-26-36(20-18-31(32)25-35)46-40-16-8-4-12-34(40)28-44-38-14-6-2-10-30(38)22-24-42(44)46/h1-28H/i1D,2D,3D,4D,5D,6D,7D,8D,9D,10D,11D,12D,13D,14D,15D,16D,17D,18D,19D,20D,21D,22D,23D,24D,25D,26D,27D,28D. The van der Waals surface area contributed by atoms with Crippen molar-refractivity contribution in [2.75, 3.05) is 0 Å². The average Bonchev–Trinajstić information content (AvgIpc) is 3.36. The normalized spacial score (nSPS) is 20.4. The van der Waals surface area contributed by atoms with E-state index in [1.54, 1.807) is 0 Å². The van der Waals surface area contributed by atoms with Gasteiger partial charge in [-0.2, -0.15) is 0 Å². The Labute approximate surface area is 306 Å². The van der Waals surface area contributed by atoms with Crippen LogP contribution in [0.1, 0.15) is 38.4 Å². The van der Waals surface area contributed by atoms with E-state index in [1.165, 1.54) is 0 Å². The summed E-state index contributed by atoms with van der Waals surface area (Å²) in [7, 11) is 0. The van der Waals surface area contributed by atoms with Crippen LogP contribution in [-0.4, -0.2) is 0 Å². The van der Waals surface area contributed by atoms with Crippen LogP contribution in [0.2, 0.25) is 0 Å². The van der Waals surface area contributed by atoms with E-state index in [1.807, 2.05) is 0 Å². The van der Waals surface area contributed by atoms with Gasteiger partial charge in [0.25, 0.3) is 0 Å². The fourth-order valence-electron chi connectivity index (χ4n) is 5.75. The molecule has 0 aliphatic heterocycles. The van der Waals surface area contributed by atoms with Gasteiger partial charge in [0.15, 0.2) is 0 Å². The molecule has 0 saturated heterocycles. The van der Waals surface area contributed by atoms with Crippen LogP contribution >= 0.6 is 0 Å². The highest BCUT2D eigenvalue weighted by molar-refractivity contribution is 6.22. The van der Waals surface area contributed by atoms with E-state index in [0.29, 0.717) is 0 Å². The summed E-state index contributed by atoms with van der Waals surface area (Å²) in [4.78, 5) is 0. The van der Waals surface area contributed by atoms with E-state index in [4.69, 9.17) is 24.7 Å². The van der Waals surface area contributed by atoms with Gasteiger partial charge in [0, 0.05) is 0 Å². The lowest BCUT2D eigenvalue weighted by molar-refractivity contribution is 1.69. The predicted octanol–water partition coefficient (Wildman–Crippen LogP) is 13.1. The van der Waals surface area contributed by atoms with E-state index in [9.17, 15) is 13.7 Å². The molecule has 212 valence electrons. The largest absolute Gasteiger partial charge is 0.0636 e. The van der Waals surface area contributed by atoms with Crippen molar-refractivity contribution >= 4 is 75.4 Å². The van der Waals surface area contributed by atoms with Gasteiger partial charge < -0.3 is 0 Å². The Hall–Kier alpha value is -5.98. The Kier molecular flexibility index (Phi) is 2.18. The zero-order valence-corrected chi connectivity index (χ0v) is 23.0. The molecule has 46 heavy (non-hydrogen) atoms. The van der Waals surface area contributed by atoms with Gasteiger partial charge in [-0.3, -0.25) is 0 Å². The fourth-order valence-corrected chi connectivity index (χ4v) is 5.75. The fraction of sp³-hybridized carbons (Fsp3) is 0. The molecule has 10 aromatic carbocycles. The molecule has 0 bridgehead atoms. The summed E-state index contributed by atoms with van der Waals surface area (Å²) in [6.07, 6.45) is 0. The van der Waals surface area contributed by atoms with E-state index in [2.05, 4.69) is 0 Å². The van der Waals surface area contributed by atoms with Gasteiger partial charge in [0.05, 0.1) is 38.4 Å². The molecule has 0 radical (unpaired) electrons. The van der Waals surface area contributed by atoms with Gasteiger partial charge in [-0.1, -0.05) is 145 Å². The number of rotatable bonds is 2.